The number of hydrogen-bond donors (Lipinski definition) is 2. The minimum atomic E-state index is -0.609. The summed E-state index contributed by atoms with van der Waals surface area (Å²) in [6, 6.07) is 10.0. The third-order valence-corrected chi connectivity index (χ3v) is 8.20. The first kappa shape index (κ1) is 27.7. The van der Waals surface area contributed by atoms with Crippen LogP contribution in [0, 0.1) is 17.3 Å². The molecule has 1 aromatic heterocycles. The third-order valence-electron chi connectivity index (χ3n) is 8.20. The predicted octanol–water partition coefficient (Wildman–Crippen LogP) is 4.03. The van der Waals surface area contributed by atoms with Gasteiger partial charge in [0.25, 0.3) is 5.91 Å². The molecule has 1 saturated heterocycles. The maximum atomic E-state index is 12.6. The molecule has 1 spiro atoms. The molecule has 5 rings (SSSR count). The lowest BCUT2D eigenvalue weighted by Crippen LogP contribution is -2.35. The number of likely N-dealkylation sites (tertiary alicyclic amines) is 1. The van der Waals surface area contributed by atoms with Crippen molar-refractivity contribution < 1.29 is 14.3 Å². The summed E-state index contributed by atoms with van der Waals surface area (Å²) in [5, 5.41) is 4.50. The van der Waals surface area contributed by atoms with Crippen LogP contribution in [0.3, 0.4) is 0 Å². The first-order chi connectivity index (χ1) is 18.9. The number of rotatable bonds is 7. The summed E-state index contributed by atoms with van der Waals surface area (Å²) in [7, 11) is 0. The number of amides is 2. The van der Waals surface area contributed by atoms with E-state index in [-0.39, 0.29) is 17.1 Å². The number of fused-ring (bicyclic) bond motifs is 1. The molecule has 2 heterocycles. The molecule has 9 heteroatoms. The van der Waals surface area contributed by atoms with Crippen LogP contribution in [0.5, 0.6) is 0 Å². The van der Waals surface area contributed by atoms with Crippen LogP contribution in [0.25, 0.3) is 0 Å². The number of carbonyl (C=O) groups is 2. The molecule has 2 fully saturated rings. The van der Waals surface area contributed by atoms with Gasteiger partial charge in [-0.05, 0) is 69.9 Å². The van der Waals surface area contributed by atoms with E-state index < -0.39 is 11.5 Å². The zero-order chi connectivity index (χ0) is 28.7. The second-order valence-corrected chi connectivity index (χ2v) is 12.5. The number of allylic oxidation sites excluding steroid dienone is 2. The smallest absolute Gasteiger partial charge is 0.410 e. The van der Waals surface area contributed by atoms with E-state index in [0.717, 1.165) is 37.9 Å². The van der Waals surface area contributed by atoms with Crippen LogP contribution < -0.4 is 11.5 Å². The third kappa shape index (κ3) is 5.98. The van der Waals surface area contributed by atoms with Gasteiger partial charge in [-0.2, -0.15) is 5.10 Å². The Morgan fingerprint density at radius 2 is 1.88 bits per heavy atom. The number of aliphatic imine (C=N–C) groups is 1. The van der Waals surface area contributed by atoms with E-state index in [2.05, 4.69) is 11.2 Å². The molecular weight excluding hydrogens is 504 g/mol. The zero-order valence-corrected chi connectivity index (χ0v) is 23.9. The van der Waals surface area contributed by atoms with E-state index in [4.69, 9.17) is 21.2 Å². The van der Waals surface area contributed by atoms with Crippen LogP contribution in [-0.4, -0.2) is 57.6 Å². The van der Waals surface area contributed by atoms with Gasteiger partial charge in [0.1, 0.15) is 5.60 Å². The number of ether oxygens (including phenoxy) is 1. The average Bonchev–Trinajstić information content (AvgIpc) is 3.18. The fourth-order valence-electron chi connectivity index (χ4n) is 6.23. The molecule has 2 aliphatic carbocycles. The van der Waals surface area contributed by atoms with E-state index in [0.29, 0.717) is 41.9 Å². The van der Waals surface area contributed by atoms with Gasteiger partial charge in [-0.1, -0.05) is 36.4 Å². The van der Waals surface area contributed by atoms with Gasteiger partial charge in [-0.15, -0.1) is 0 Å². The lowest BCUT2D eigenvalue weighted by atomic mass is 9.71. The summed E-state index contributed by atoms with van der Waals surface area (Å²) in [5.41, 5.74) is 15.5. The maximum Gasteiger partial charge on any atom is 0.410 e. The van der Waals surface area contributed by atoms with Crippen molar-refractivity contribution in [3.63, 3.8) is 0 Å². The number of carbonyl (C=O) groups excluding carboxylic acids is 2. The molecule has 40 heavy (non-hydrogen) atoms. The SMILES string of the molecule is C/C(N)=C(/C(N)=O)C(=NCC1=CC12CCC1CN(C(=O)OC(C)(C)C)CC1C2)c1cnn(Cc2ccccc2)c1. The zero-order valence-electron chi connectivity index (χ0n) is 23.9. The Balaban J connectivity index is 1.29. The molecule has 3 aliphatic rings. The average molecular weight is 545 g/mol. The van der Waals surface area contributed by atoms with Gasteiger partial charge in [0.15, 0.2) is 0 Å². The summed E-state index contributed by atoms with van der Waals surface area (Å²) in [4.78, 5) is 31.9. The van der Waals surface area contributed by atoms with Gasteiger partial charge in [0.2, 0.25) is 0 Å². The minimum Gasteiger partial charge on any atom is -0.444 e. The number of nitrogens with two attached hydrogens (primary N) is 2. The Kier molecular flexibility index (Phi) is 7.33. The van der Waals surface area contributed by atoms with Crippen LogP contribution in [0.2, 0.25) is 0 Å². The quantitative estimate of drug-likeness (QED) is 0.309. The van der Waals surface area contributed by atoms with E-state index in [1.54, 1.807) is 13.1 Å². The fourth-order valence-corrected chi connectivity index (χ4v) is 6.23. The predicted molar refractivity (Wildman–Crippen MR) is 154 cm³/mol. The Bertz CT molecular complexity index is 1380. The summed E-state index contributed by atoms with van der Waals surface area (Å²) >= 11 is 0. The molecule has 1 aromatic carbocycles. The van der Waals surface area contributed by atoms with Crippen LogP contribution >= 0.6 is 0 Å². The highest BCUT2D eigenvalue weighted by atomic mass is 16.6. The van der Waals surface area contributed by atoms with Gasteiger partial charge in [-0.3, -0.25) is 14.5 Å². The van der Waals surface area contributed by atoms with E-state index in [1.807, 2.05) is 66.9 Å². The van der Waals surface area contributed by atoms with Crippen LogP contribution in [0.15, 0.2) is 70.6 Å². The van der Waals surface area contributed by atoms with Gasteiger partial charge in [0.05, 0.1) is 30.6 Å². The highest BCUT2D eigenvalue weighted by molar-refractivity contribution is 6.28. The summed E-state index contributed by atoms with van der Waals surface area (Å²) in [6.45, 7) is 9.94. The number of nitrogens with zero attached hydrogens (tertiary/aromatic N) is 4. The molecule has 212 valence electrons. The van der Waals surface area contributed by atoms with Crippen molar-refractivity contribution in [1.82, 2.24) is 14.7 Å². The van der Waals surface area contributed by atoms with Crippen molar-refractivity contribution in [3.05, 3.63) is 76.8 Å². The monoisotopic (exact) mass is 544 g/mol. The second kappa shape index (κ2) is 10.6. The molecule has 2 aromatic rings. The fraction of sp³-hybridized carbons (Fsp3) is 0.484. The van der Waals surface area contributed by atoms with Crippen LogP contribution in [0.1, 0.15) is 58.1 Å². The van der Waals surface area contributed by atoms with Gasteiger partial charge >= 0.3 is 6.09 Å². The molecule has 0 bridgehead atoms. The molecule has 9 nitrogen and oxygen atoms in total. The number of primary amides is 1. The minimum absolute atomic E-state index is 0.0472. The molecule has 3 unspecified atom stereocenters. The van der Waals surface area contributed by atoms with E-state index in [1.165, 1.54) is 5.57 Å². The molecular formula is C31H40N6O3. The van der Waals surface area contributed by atoms with Crippen molar-refractivity contribution in [2.75, 3.05) is 19.6 Å². The Morgan fingerprint density at radius 3 is 2.55 bits per heavy atom. The molecule has 1 aliphatic heterocycles. The lowest BCUT2D eigenvalue weighted by molar-refractivity contribution is -0.114. The largest absolute Gasteiger partial charge is 0.444 e. The van der Waals surface area contributed by atoms with Gasteiger partial charge < -0.3 is 21.1 Å². The normalized spacial score (nSPS) is 24.9. The van der Waals surface area contributed by atoms with E-state index >= 15 is 0 Å². The molecule has 3 atom stereocenters. The highest BCUT2D eigenvalue weighted by Gasteiger charge is 2.52. The molecule has 4 N–H and O–H groups in total. The number of aromatic nitrogens is 2. The first-order valence-electron chi connectivity index (χ1n) is 14.0. The Labute approximate surface area is 235 Å². The van der Waals surface area contributed by atoms with Crippen molar-refractivity contribution >= 4 is 17.7 Å². The highest BCUT2D eigenvalue weighted by Crippen LogP contribution is 2.58. The molecule has 0 radical (unpaired) electrons. The Morgan fingerprint density at radius 1 is 1.15 bits per heavy atom. The van der Waals surface area contributed by atoms with Crippen molar-refractivity contribution in [3.8, 4) is 0 Å². The summed E-state index contributed by atoms with van der Waals surface area (Å²) in [6.07, 6.45) is 8.83. The first-order valence-corrected chi connectivity index (χ1v) is 14.0. The molecule has 2 amide bonds. The Hall–Kier alpha value is -3.88. The van der Waals surface area contributed by atoms with Crippen LogP contribution in [-0.2, 0) is 16.1 Å². The standard InChI is InChI=1S/C31H40N6O3/c1-20(32)26(28(33)38)27(24-14-35-37(19-24)16-21-8-6-5-7-9-21)34-15-25-13-31(25)11-10-22-17-36(18-23(22)12-31)29(39)40-30(2,3)4/h5-9,13-14,19,22-23H,10-12,15-18,32H2,1-4H3,(H2,33,38)/b26-20-,34-27?. The topological polar surface area (TPSA) is 129 Å². The number of hydrogen-bond acceptors (Lipinski definition) is 6. The maximum absolute atomic E-state index is 12.6. The van der Waals surface area contributed by atoms with E-state index in [9.17, 15) is 9.59 Å². The number of benzene rings is 1. The van der Waals surface area contributed by atoms with Gasteiger partial charge in [0, 0.05) is 36.0 Å². The van der Waals surface area contributed by atoms with Gasteiger partial charge in [-0.25, -0.2) is 4.79 Å². The van der Waals surface area contributed by atoms with Crippen molar-refractivity contribution in [2.45, 2.75) is 59.1 Å². The van der Waals surface area contributed by atoms with Crippen molar-refractivity contribution in [2.24, 2.45) is 33.7 Å². The summed E-state index contributed by atoms with van der Waals surface area (Å²) < 4.78 is 7.44. The lowest BCUT2D eigenvalue weighted by Gasteiger charge is -2.32. The summed E-state index contributed by atoms with van der Waals surface area (Å²) in [5.74, 6) is 0.344. The van der Waals surface area contributed by atoms with Crippen LogP contribution in [0.4, 0.5) is 4.79 Å². The molecule has 1 saturated carbocycles. The van der Waals surface area contributed by atoms with Crippen molar-refractivity contribution in [1.29, 1.82) is 0 Å². The second-order valence-electron chi connectivity index (χ2n) is 12.5.